The van der Waals surface area contributed by atoms with Crippen molar-refractivity contribution in [1.82, 2.24) is 9.55 Å². The van der Waals surface area contributed by atoms with Gasteiger partial charge in [0.1, 0.15) is 5.75 Å². The maximum atomic E-state index is 12.3. The molecule has 0 aliphatic heterocycles. The van der Waals surface area contributed by atoms with E-state index < -0.39 is 6.36 Å². The van der Waals surface area contributed by atoms with Gasteiger partial charge in [-0.2, -0.15) is 0 Å². The molecule has 0 amide bonds. The number of hydrogen-bond donors (Lipinski definition) is 0. The van der Waals surface area contributed by atoms with Gasteiger partial charge >= 0.3 is 6.36 Å². The third-order valence-electron chi connectivity index (χ3n) is 3.38. The second kappa shape index (κ2) is 7.13. The van der Waals surface area contributed by atoms with E-state index in [0.29, 0.717) is 5.69 Å². The number of rotatable bonds is 4. The van der Waals surface area contributed by atoms with Gasteiger partial charge in [-0.1, -0.05) is 39.8 Å². The van der Waals surface area contributed by atoms with Gasteiger partial charge in [-0.15, -0.1) is 13.2 Å². The van der Waals surface area contributed by atoms with Crippen molar-refractivity contribution in [3.05, 3.63) is 59.2 Å². The molecule has 0 saturated carbocycles. The summed E-state index contributed by atoms with van der Waals surface area (Å²) in [5, 5.41) is 0.738. The van der Waals surface area contributed by atoms with Gasteiger partial charge in [0.25, 0.3) is 0 Å². The molecule has 0 fully saturated rings. The Morgan fingerprint density at radius 3 is 2.24 bits per heavy atom. The van der Waals surface area contributed by atoms with Gasteiger partial charge in [0.05, 0.1) is 11.9 Å². The first kappa shape index (κ1) is 17.9. The molecule has 2 aromatic carbocycles. The fourth-order valence-electron chi connectivity index (χ4n) is 2.35. The third kappa shape index (κ3) is 4.19. The van der Waals surface area contributed by atoms with E-state index in [1.807, 2.05) is 35.1 Å². The summed E-state index contributed by atoms with van der Waals surface area (Å²) in [6.45, 7) is 0. The summed E-state index contributed by atoms with van der Waals surface area (Å²) in [5.74, 6) is -0.257. The summed E-state index contributed by atoms with van der Waals surface area (Å²) < 4.78 is 43.7. The molecule has 0 aliphatic carbocycles. The Labute approximate surface area is 155 Å². The van der Waals surface area contributed by atoms with Gasteiger partial charge in [-0.05, 0) is 42.7 Å². The minimum Gasteiger partial charge on any atom is -0.406 e. The van der Waals surface area contributed by atoms with Crippen LogP contribution in [0.2, 0.25) is 0 Å². The highest BCUT2D eigenvalue weighted by Gasteiger charge is 2.31. The number of nitrogens with zero attached hydrogens (tertiary/aromatic N) is 2. The van der Waals surface area contributed by atoms with Crippen LogP contribution in [0.3, 0.4) is 0 Å². The lowest BCUT2D eigenvalue weighted by molar-refractivity contribution is -0.274. The zero-order chi connectivity index (χ0) is 18.0. The molecular weight excluding hydrogens is 417 g/mol. The lowest BCUT2D eigenvalue weighted by Gasteiger charge is -2.13. The first-order valence-electron chi connectivity index (χ1n) is 7.11. The maximum Gasteiger partial charge on any atom is 0.573 e. The molecule has 3 rings (SSSR count). The van der Waals surface area contributed by atoms with E-state index in [1.54, 1.807) is 18.3 Å². The molecule has 0 atom stereocenters. The van der Waals surface area contributed by atoms with Crippen molar-refractivity contribution in [3.8, 4) is 22.7 Å². The quantitative estimate of drug-likeness (QED) is 0.482. The first-order valence-corrected chi connectivity index (χ1v) is 9.13. The normalized spacial score (nSPS) is 11.6. The number of thioether (sulfide) groups is 1. The monoisotopic (exact) mass is 428 g/mol. The molecule has 0 unspecified atom stereocenters. The summed E-state index contributed by atoms with van der Waals surface area (Å²) >= 11 is 4.85. The molecule has 0 radical (unpaired) electrons. The molecule has 0 saturated heterocycles. The number of imidazole rings is 1. The van der Waals surface area contributed by atoms with Crippen LogP contribution in [0, 0.1) is 0 Å². The molecule has 25 heavy (non-hydrogen) atoms. The second-order valence-corrected chi connectivity index (χ2v) is 6.70. The first-order chi connectivity index (χ1) is 11.9. The topological polar surface area (TPSA) is 27.1 Å². The van der Waals surface area contributed by atoms with Crippen molar-refractivity contribution < 1.29 is 17.9 Å². The number of alkyl halides is 3. The molecule has 0 spiro atoms. The second-order valence-electron chi connectivity index (χ2n) is 5.01. The molecule has 0 aliphatic rings. The van der Waals surface area contributed by atoms with Crippen molar-refractivity contribution in [3.63, 3.8) is 0 Å². The van der Waals surface area contributed by atoms with Gasteiger partial charge < -0.3 is 4.74 Å². The van der Waals surface area contributed by atoms with Crippen LogP contribution >= 0.6 is 27.7 Å². The molecule has 3 aromatic rings. The molecule has 130 valence electrons. The van der Waals surface area contributed by atoms with Crippen LogP contribution in [-0.2, 0) is 0 Å². The molecule has 1 heterocycles. The molecule has 0 bridgehead atoms. The molecule has 8 heteroatoms. The number of aromatic nitrogens is 2. The average Bonchev–Trinajstić information content (AvgIpc) is 2.99. The largest absolute Gasteiger partial charge is 0.573 e. The Kier molecular flexibility index (Phi) is 5.10. The summed E-state index contributed by atoms with van der Waals surface area (Å²) in [4.78, 5) is 4.39. The summed E-state index contributed by atoms with van der Waals surface area (Å²) in [5.41, 5.74) is 2.50. The van der Waals surface area contributed by atoms with Crippen molar-refractivity contribution in [1.29, 1.82) is 0 Å². The SMILES string of the molecule is CSc1ncc(-c2ccc(Br)cc2)n1-c1ccc(OC(F)(F)F)cc1. The van der Waals surface area contributed by atoms with E-state index in [-0.39, 0.29) is 5.75 Å². The Bertz CT molecular complexity index is 861. The summed E-state index contributed by atoms with van der Waals surface area (Å²) in [7, 11) is 0. The van der Waals surface area contributed by atoms with Crippen LogP contribution in [0.25, 0.3) is 16.9 Å². The van der Waals surface area contributed by atoms with Crippen molar-refractivity contribution in [2.75, 3.05) is 6.26 Å². The average molecular weight is 429 g/mol. The van der Waals surface area contributed by atoms with Crippen molar-refractivity contribution >= 4 is 27.7 Å². The highest BCUT2D eigenvalue weighted by atomic mass is 79.9. The zero-order valence-electron chi connectivity index (χ0n) is 12.9. The maximum absolute atomic E-state index is 12.3. The smallest absolute Gasteiger partial charge is 0.406 e. The van der Waals surface area contributed by atoms with Gasteiger partial charge in [0.2, 0.25) is 0 Å². The Morgan fingerprint density at radius 1 is 1.04 bits per heavy atom. The number of hydrogen-bond acceptors (Lipinski definition) is 3. The van der Waals surface area contributed by atoms with Crippen LogP contribution < -0.4 is 4.74 Å². The number of benzene rings is 2. The zero-order valence-corrected chi connectivity index (χ0v) is 15.3. The Balaban J connectivity index is 2.01. The molecular formula is C17H12BrF3N2OS. The van der Waals surface area contributed by atoms with Crippen molar-refractivity contribution in [2.45, 2.75) is 11.5 Å². The van der Waals surface area contributed by atoms with E-state index >= 15 is 0 Å². The minimum atomic E-state index is -4.70. The molecule has 0 N–H and O–H groups in total. The van der Waals surface area contributed by atoms with Gasteiger partial charge in [0, 0.05) is 15.7 Å². The van der Waals surface area contributed by atoms with E-state index in [4.69, 9.17) is 0 Å². The van der Waals surface area contributed by atoms with Gasteiger partial charge in [-0.3, -0.25) is 4.57 Å². The highest BCUT2D eigenvalue weighted by molar-refractivity contribution is 9.10. The Morgan fingerprint density at radius 2 is 1.68 bits per heavy atom. The van der Waals surface area contributed by atoms with Crippen LogP contribution in [0.4, 0.5) is 13.2 Å². The standard InChI is InChI=1S/C17H12BrF3N2OS/c1-25-16-22-10-15(11-2-4-12(18)5-3-11)23(16)13-6-8-14(9-7-13)24-17(19,20)21/h2-10H,1H3. The third-order valence-corrected chi connectivity index (χ3v) is 4.56. The van der Waals surface area contributed by atoms with E-state index in [1.165, 1.54) is 23.9 Å². The predicted molar refractivity (Wildman–Crippen MR) is 95.2 cm³/mol. The fraction of sp³-hybridized carbons (Fsp3) is 0.118. The Hall–Kier alpha value is -1.93. The van der Waals surface area contributed by atoms with Crippen LogP contribution in [0.5, 0.6) is 5.75 Å². The predicted octanol–water partition coefficient (Wildman–Crippen LogP) is 5.92. The van der Waals surface area contributed by atoms with Crippen molar-refractivity contribution in [2.24, 2.45) is 0 Å². The van der Waals surface area contributed by atoms with Crippen LogP contribution in [0.1, 0.15) is 0 Å². The van der Waals surface area contributed by atoms with E-state index in [0.717, 1.165) is 20.9 Å². The molecule has 3 nitrogen and oxygen atoms in total. The fourth-order valence-corrected chi connectivity index (χ4v) is 3.16. The van der Waals surface area contributed by atoms with E-state index in [2.05, 4.69) is 25.7 Å². The lowest BCUT2D eigenvalue weighted by atomic mass is 10.1. The lowest BCUT2D eigenvalue weighted by Crippen LogP contribution is -2.17. The highest BCUT2D eigenvalue weighted by Crippen LogP contribution is 2.31. The minimum absolute atomic E-state index is 0.257. The van der Waals surface area contributed by atoms with E-state index in [9.17, 15) is 13.2 Å². The molecule has 1 aromatic heterocycles. The van der Waals surface area contributed by atoms with Gasteiger partial charge in [-0.25, -0.2) is 4.98 Å². The van der Waals surface area contributed by atoms with Gasteiger partial charge in [0.15, 0.2) is 5.16 Å². The van der Waals surface area contributed by atoms with Crippen LogP contribution in [-0.4, -0.2) is 22.2 Å². The summed E-state index contributed by atoms with van der Waals surface area (Å²) in [6, 6.07) is 13.5. The number of ether oxygens (including phenoxy) is 1. The number of halogens is 4. The van der Waals surface area contributed by atoms with Crippen LogP contribution in [0.15, 0.2) is 64.4 Å². The summed E-state index contributed by atoms with van der Waals surface area (Å²) in [6.07, 6.45) is -1.07.